The van der Waals surface area contributed by atoms with Crippen LogP contribution in [0.1, 0.15) is 23.7 Å². The van der Waals surface area contributed by atoms with Gasteiger partial charge >= 0.3 is 0 Å². The Morgan fingerprint density at radius 2 is 2.28 bits per heavy atom. The first-order chi connectivity index (χ1) is 8.63. The molecule has 1 rings (SSSR count). The van der Waals surface area contributed by atoms with E-state index in [1.807, 2.05) is 6.92 Å². The predicted octanol–water partition coefficient (Wildman–Crippen LogP) is 3.50. The number of benzene rings is 1. The molecule has 0 heterocycles. The van der Waals surface area contributed by atoms with E-state index >= 15 is 0 Å². The van der Waals surface area contributed by atoms with E-state index in [0.29, 0.717) is 12.1 Å². The topological polar surface area (TPSA) is 29.5 Å². The van der Waals surface area contributed by atoms with Crippen LogP contribution in [-0.2, 0) is 0 Å². The van der Waals surface area contributed by atoms with Crippen LogP contribution in [0.2, 0.25) is 0 Å². The van der Waals surface area contributed by atoms with Gasteiger partial charge in [-0.2, -0.15) is 0 Å². The summed E-state index contributed by atoms with van der Waals surface area (Å²) in [6, 6.07) is 5.35. The SMILES string of the molecule is C=CCN(CCC)C(=O)c1ccc(OC)c(Br)c1. The van der Waals surface area contributed by atoms with E-state index in [1.165, 1.54) is 0 Å². The fourth-order valence-corrected chi connectivity index (χ4v) is 2.22. The zero-order valence-electron chi connectivity index (χ0n) is 10.8. The Morgan fingerprint density at radius 1 is 1.56 bits per heavy atom. The van der Waals surface area contributed by atoms with Crippen molar-refractivity contribution in [2.45, 2.75) is 13.3 Å². The van der Waals surface area contributed by atoms with E-state index in [0.717, 1.165) is 23.2 Å². The molecular formula is C14H18BrNO2. The van der Waals surface area contributed by atoms with Crippen molar-refractivity contribution in [2.75, 3.05) is 20.2 Å². The summed E-state index contributed by atoms with van der Waals surface area (Å²) in [4.78, 5) is 14.1. The van der Waals surface area contributed by atoms with Crippen LogP contribution in [0.5, 0.6) is 5.75 Å². The van der Waals surface area contributed by atoms with Gasteiger partial charge in [0, 0.05) is 18.7 Å². The second kappa shape index (κ2) is 7.21. The van der Waals surface area contributed by atoms with E-state index in [4.69, 9.17) is 4.74 Å². The highest BCUT2D eigenvalue weighted by atomic mass is 79.9. The van der Waals surface area contributed by atoms with Crippen molar-refractivity contribution in [3.8, 4) is 5.75 Å². The molecule has 0 bridgehead atoms. The van der Waals surface area contributed by atoms with Gasteiger partial charge in [-0.1, -0.05) is 13.0 Å². The molecule has 4 heteroatoms. The second-order valence-electron chi connectivity index (χ2n) is 3.89. The van der Waals surface area contributed by atoms with Crippen LogP contribution in [0.3, 0.4) is 0 Å². The largest absolute Gasteiger partial charge is 0.496 e. The monoisotopic (exact) mass is 311 g/mol. The van der Waals surface area contributed by atoms with Crippen LogP contribution in [0.15, 0.2) is 35.3 Å². The highest BCUT2D eigenvalue weighted by Gasteiger charge is 2.15. The Balaban J connectivity index is 2.93. The third-order valence-corrected chi connectivity index (χ3v) is 3.15. The van der Waals surface area contributed by atoms with Gasteiger partial charge in [0.15, 0.2) is 0 Å². The summed E-state index contributed by atoms with van der Waals surface area (Å²) in [7, 11) is 1.60. The van der Waals surface area contributed by atoms with Gasteiger partial charge in [0.25, 0.3) is 5.91 Å². The van der Waals surface area contributed by atoms with E-state index in [1.54, 1.807) is 36.3 Å². The zero-order chi connectivity index (χ0) is 13.5. The molecular weight excluding hydrogens is 294 g/mol. The highest BCUT2D eigenvalue weighted by molar-refractivity contribution is 9.10. The normalized spacial score (nSPS) is 9.94. The average molecular weight is 312 g/mol. The van der Waals surface area contributed by atoms with Crippen molar-refractivity contribution in [3.63, 3.8) is 0 Å². The Labute approximate surface area is 117 Å². The lowest BCUT2D eigenvalue weighted by atomic mass is 10.2. The molecule has 1 amide bonds. The molecule has 98 valence electrons. The number of ether oxygens (including phenoxy) is 1. The van der Waals surface area contributed by atoms with Crippen molar-refractivity contribution in [1.82, 2.24) is 4.90 Å². The van der Waals surface area contributed by atoms with Gasteiger partial charge in [-0.25, -0.2) is 0 Å². The van der Waals surface area contributed by atoms with E-state index in [-0.39, 0.29) is 5.91 Å². The number of carbonyl (C=O) groups excluding carboxylic acids is 1. The number of carbonyl (C=O) groups is 1. The van der Waals surface area contributed by atoms with E-state index in [2.05, 4.69) is 22.5 Å². The molecule has 0 saturated heterocycles. The lowest BCUT2D eigenvalue weighted by molar-refractivity contribution is 0.0774. The molecule has 0 aliphatic rings. The molecule has 0 unspecified atom stereocenters. The summed E-state index contributed by atoms with van der Waals surface area (Å²) in [5.74, 6) is 0.734. The van der Waals surface area contributed by atoms with E-state index in [9.17, 15) is 4.79 Å². The van der Waals surface area contributed by atoms with Gasteiger partial charge in [-0.3, -0.25) is 4.79 Å². The minimum absolute atomic E-state index is 0.0140. The fourth-order valence-electron chi connectivity index (χ4n) is 1.68. The maximum absolute atomic E-state index is 12.3. The van der Waals surface area contributed by atoms with Crippen molar-refractivity contribution < 1.29 is 9.53 Å². The smallest absolute Gasteiger partial charge is 0.254 e. The first kappa shape index (κ1) is 14.8. The predicted molar refractivity (Wildman–Crippen MR) is 77.1 cm³/mol. The molecule has 0 atom stereocenters. The van der Waals surface area contributed by atoms with Gasteiger partial charge in [0.1, 0.15) is 5.75 Å². The van der Waals surface area contributed by atoms with Crippen LogP contribution >= 0.6 is 15.9 Å². The molecule has 0 saturated carbocycles. The standard InChI is InChI=1S/C14H18BrNO2/c1-4-8-16(9-5-2)14(17)11-6-7-13(18-3)12(15)10-11/h4,6-7,10H,1,5,8-9H2,2-3H3. The minimum Gasteiger partial charge on any atom is -0.496 e. The van der Waals surface area contributed by atoms with Gasteiger partial charge in [0.2, 0.25) is 0 Å². The Bertz CT molecular complexity index is 432. The number of hydrogen-bond donors (Lipinski definition) is 0. The molecule has 0 aromatic heterocycles. The molecule has 0 fully saturated rings. The van der Waals surface area contributed by atoms with Gasteiger partial charge in [0.05, 0.1) is 11.6 Å². The molecule has 0 aliphatic heterocycles. The summed E-state index contributed by atoms with van der Waals surface area (Å²) < 4.78 is 5.93. The summed E-state index contributed by atoms with van der Waals surface area (Å²) in [6.45, 7) is 7.03. The van der Waals surface area contributed by atoms with Crippen molar-refractivity contribution in [1.29, 1.82) is 0 Å². The van der Waals surface area contributed by atoms with E-state index < -0.39 is 0 Å². The first-order valence-electron chi connectivity index (χ1n) is 5.87. The van der Waals surface area contributed by atoms with Crippen LogP contribution in [0, 0.1) is 0 Å². The lowest BCUT2D eigenvalue weighted by Crippen LogP contribution is -2.31. The summed E-state index contributed by atoms with van der Waals surface area (Å²) in [5, 5.41) is 0. The van der Waals surface area contributed by atoms with Crippen molar-refractivity contribution in [3.05, 3.63) is 40.9 Å². The maximum atomic E-state index is 12.3. The minimum atomic E-state index is 0.0140. The van der Waals surface area contributed by atoms with Crippen LogP contribution in [-0.4, -0.2) is 31.0 Å². The molecule has 0 aliphatic carbocycles. The fraction of sp³-hybridized carbons (Fsp3) is 0.357. The number of hydrogen-bond acceptors (Lipinski definition) is 2. The van der Waals surface area contributed by atoms with Crippen molar-refractivity contribution >= 4 is 21.8 Å². The number of rotatable bonds is 6. The van der Waals surface area contributed by atoms with Crippen molar-refractivity contribution in [2.24, 2.45) is 0 Å². The third-order valence-electron chi connectivity index (χ3n) is 2.53. The van der Waals surface area contributed by atoms with Gasteiger partial charge in [-0.05, 0) is 40.5 Å². The summed E-state index contributed by atoms with van der Waals surface area (Å²) in [6.07, 6.45) is 2.67. The molecule has 1 aromatic rings. The molecule has 18 heavy (non-hydrogen) atoms. The van der Waals surface area contributed by atoms with Crippen LogP contribution < -0.4 is 4.74 Å². The number of amides is 1. The quantitative estimate of drug-likeness (QED) is 0.753. The Morgan fingerprint density at radius 3 is 2.78 bits per heavy atom. The van der Waals surface area contributed by atoms with Gasteiger partial charge in [-0.15, -0.1) is 6.58 Å². The Hall–Kier alpha value is -1.29. The molecule has 1 aromatic carbocycles. The second-order valence-corrected chi connectivity index (χ2v) is 4.74. The lowest BCUT2D eigenvalue weighted by Gasteiger charge is -2.20. The Kier molecular flexibility index (Phi) is 5.92. The number of methoxy groups -OCH3 is 1. The zero-order valence-corrected chi connectivity index (χ0v) is 12.4. The van der Waals surface area contributed by atoms with Gasteiger partial charge < -0.3 is 9.64 Å². The highest BCUT2D eigenvalue weighted by Crippen LogP contribution is 2.26. The molecule has 0 N–H and O–H groups in total. The van der Waals surface area contributed by atoms with Crippen LogP contribution in [0.4, 0.5) is 0 Å². The van der Waals surface area contributed by atoms with Crippen LogP contribution in [0.25, 0.3) is 0 Å². The molecule has 3 nitrogen and oxygen atoms in total. The molecule has 0 radical (unpaired) electrons. The molecule has 0 spiro atoms. The third kappa shape index (κ3) is 3.60. The summed E-state index contributed by atoms with van der Waals surface area (Å²) in [5.41, 5.74) is 0.651. The summed E-state index contributed by atoms with van der Waals surface area (Å²) >= 11 is 3.39. The maximum Gasteiger partial charge on any atom is 0.254 e. The number of halogens is 1. The first-order valence-corrected chi connectivity index (χ1v) is 6.67. The average Bonchev–Trinajstić information content (AvgIpc) is 2.37. The number of nitrogens with zero attached hydrogens (tertiary/aromatic N) is 1.